The molecule has 132 valence electrons. The highest BCUT2D eigenvalue weighted by Crippen LogP contribution is 2.38. The van der Waals surface area contributed by atoms with Gasteiger partial charge >= 0.3 is 0 Å². The van der Waals surface area contributed by atoms with Crippen molar-refractivity contribution in [3.8, 4) is 17.2 Å². The lowest BCUT2D eigenvalue weighted by Crippen LogP contribution is -2.16. The first-order chi connectivity index (χ1) is 13.2. The van der Waals surface area contributed by atoms with Crippen molar-refractivity contribution >= 4 is 22.1 Å². The summed E-state index contributed by atoms with van der Waals surface area (Å²) in [7, 11) is 0. The number of carbonyl (C=O) groups excluding carboxylic acids is 1. The van der Waals surface area contributed by atoms with E-state index in [2.05, 4.69) is 23.5 Å². The Morgan fingerprint density at radius 2 is 1.70 bits per heavy atom. The molecule has 1 N–H and O–H groups in total. The summed E-state index contributed by atoms with van der Waals surface area (Å²) in [6, 6.07) is 22.4. The van der Waals surface area contributed by atoms with Crippen LogP contribution in [0.25, 0.3) is 11.1 Å². The van der Waals surface area contributed by atoms with Crippen molar-refractivity contribution in [2.45, 2.75) is 18.8 Å². The molecule has 2 aromatic carbocycles. The Labute approximate surface area is 162 Å². The summed E-state index contributed by atoms with van der Waals surface area (Å²) in [6.07, 6.45) is 2.97. The van der Waals surface area contributed by atoms with Crippen LogP contribution in [0.4, 0.5) is 5.00 Å². The predicted octanol–water partition coefficient (Wildman–Crippen LogP) is 5.73. The third-order valence-corrected chi connectivity index (χ3v) is 5.68. The second-order valence-corrected chi connectivity index (χ2v) is 7.49. The van der Waals surface area contributed by atoms with Crippen LogP contribution in [-0.4, -0.2) is 5.78 Å². The van der Waals surface area contributed by atoms with E-state index < -0.39 is 0 Å². The van der Waals surface area contributed by atoms with Gasteiger partial charge in [-0.15, -0.1) is 11.3 Å². The number of ketones is 1. The molecule has 1 heterocycles. The number of nitrogens with one attached hydrogen (secondary N) is 1. The van der Waals surface area contributed by atoms with Gasteiger partial charge in [0.1, 0.15) is 11.1 Å². The van der Waals surface area contributed by atoms with Crippen LogP contribution in [0.3, 0.4) is 0 Å². The van der Waals surface area contributed by atoms with Gasteiger partial charge in [-0.05, 0) is 23.5 Å². The van der Waals surface area contributed by atoms with Gasteiger partial charge in [-0.3, -0.25) is 4.79 Å². The van der Waals surface area contributed by atoms with E-state index in [4.69, 9.17) is 0 Å². The first-order valence-electron chi connectivity index (χ1n) is 8.87. The minimum absolute atomic E-state index is 0.121. The average molecular weight is 370 g/mol. The third-order valence-electron chi connectivity index (χ3n) is 4.78. The molecule has 0 saturated heterocycles. The highest BCUT2D eigenvalue weighted by molar-refractivity contribution is 7.15. The summed E-state index contributed by atoms with van der Waals surface area (Å²) < 4.78 is 0. The topological polar surface area (TPSA) is 52.9 Å². The second-order valence-electron chi connectivity index (χ2n) is 6.61. The molecule has 1 unspecified atom stereocenters. The molecule has 0 bridgehead atoms. The van der Waals surface area contributed by atoms with Crippen molar-refractivity contribution in [1.29, 1.82) is 5.26 Å². The fourth-order valence-electron chi connectivity index (χ4n) is 3.48. The first kappa shape index (κ1) is 17.3. The Kier molecular flexibility index (Phi) is 4.86. The number of nitrogens with zero attached hydrogens (tertiary/aromatic N) is 1. The molecule has 1 aliphatic rings. The number of hydrogen-bond donors (Lipinski definition) is 1. The maximum atomic E-state index is 12.3. The first-order valence-corrected chi connectivity index (χ1v) is 9.75. The van der Waals surface area contributed by atoms with E-state index in [0.717, 1.165) is 28.2 Å². The molecule has 27 heavy (non-hydrogen) atoms. The summed E-state index contributed by atoms with van der Waals surface area (Å²) in [5, 5.41) is 15.8. The second kappa shape index (κ2) is 7.61. The van der Waals surface area contributed by atoms with Crippen LogP contribution < -0.4 is 5.32 Å². The molecule has 0 saturated carbocycles. The normalized spacial score (nSPS) is 16.5. The maximum Gasteiger partial charge on any atom is 0.158 e. The summed E-state index contributed by atoms with van der Waals surface area (Å²) in [4.78, 5) is 12.3. The molecule has 0 amide bonds. The number of anilines is 1. The van der Waals surface area contributed by atoms with E-state index in [1.165, 1.54) is 16.9 Å². The summed E-state index contributed by atoms with van der Waals surface area (Å²) in [5.41, 5.74) is 4.62. The lowest BCUT2D eigenvalue weighted by atomic mass is 9.85. The number of allylic oxidation sites excluding steroid dienone is 2. The quantitative estimate of drug-likeness (QED) is 0.638. The fraction of sp³-hybridized carbons (Fsp3) is 0.130. The predicted molar refractivity (Wildman–Crippen MR) is 110 cm³/mol. The van der Waals surface area contributed by atoms with E-state index in [1.54, 1.807) is 6.08 Å². The van der Waals surface area contributed by atoms with Crippen LogP contribution in [0.2, 0.25) is 0 Å². The Morgan fingerprint density at radius 3 is 2.41 bits per heavy atom. The molecule has 3 aromatic rings. The summed E-state index contributed by atoms with van der Waals surface area (Å²) >= 11 is 1.50. The molecule has 0 radical (unpaired) electrons. The lowest BCUT2D eigenvalue weighted by molar-refractivity contribution is -0.115. The Hall–Kier alpha value is -3.16. The molecular weight excluding hydrogens is 352 g/mol. The zero-order valence-electron chi connectivity index (χ0n) is 14.7. The molecule has 1 aliphatic carbocycles. The van der Waals surface area contributed by atoms with Crippen LogP contribution >= 0.6 is 11.3 Å². The molecule has 1 atom stereocenters. The van der Waals surface area contributed by atoms with Gasteiger partial charge in [0.25, 0.3) is 0 Å². The van der Waals surface area contributed by atoms with E-state index in [9.17, 15) is 10.1 Å². The van der Waals surface area contributed by atoms with Gasteiger partial charge in [0.2, 0.25) is 0 Å². The SMILES string of the molecule is N#Cc1c(-c2ccccc2)csc1NC1=CC(=O)CC(c2ccccc2)C1. The number of carbonyl (C=O) groups is 1. The highest BCUT2D eigenvalue weighted by Gasteiger charge is 2.23. The van der Waals surface area contributed by atoms with Crippen molar-refractivity contribution in [3.05, 3.63) is 88.9 Å². The molecule has 1 aromatic heterocycles. The number of benzene rings is 2. The van der Waals surface area contributed by atoms with Gasteiger partial charge in [-0.1, -0.05) is 60.7 Å². The van der Waals surface area contributed by atoms with E-state index in [-0.39, 0.29) is 11.7 Å². The molecule has 0 spiro atoms. The van der Waals surface area contributed by atoms with Crippen molar-refractivity contribution in [2.24, 2.45) is 0 Å². The Morgan fingerprint density at radius 1 is 1.00 bits per heavy atom. The minimum Gasteiger partial charge on any atom is -0.349 e. The fourth-order valence-corrected chi connectivity index (χ4v) is 4.43. The maximum absolute atomic E-state index is 12.3. The molecular formula is C23H18N2OS. The van der Waals surface area contributed by atoms with Gasteiger partial charge in [-0.25, -0.2) is 0 Å². The van der Waals surface area contributed by atoms with Crippen molar-refractivity contribution in [2.75, 3.05) is 5.32 Å². The summed E-state index contributed by atoms with van der Waals surface area (Å²) in [6.45, 7) is 0. The monoisotopic (exact) mass is 370 g/mol. The van der Waals surface area contributed by atoms with Gasteiger partial charge < -0.3 is 5.32 Å². The number of rotatable bonds is 4. The van der Waals surface area contributed by atoms with Gasteiger partial charge in [0, 0.05) is 29.1 Å². The van der Waals surface area contributed by atoms with Gasteiger partial charge in [0.15, 0.2) is 5.78 Å². The largest absolute Gasteiger partial charge is 0.349 e. The van der Waals surface area contributed by atoms with Crippen LogP contribution in [-0.2, 0) is 4.79 Å². The minimum atomic E-state index is 0.121. The van der Waals surface area contributed by atoms with Crippen LogP contribution in [0.1, 0.15) is 29.9 Å². The van der Waals surface area contributed by atoms with Crippen molar-refractivity contribution < 1.29 is 4.79 Å². The lowest BCUT2D eigenvalue weighted by Gasteiger charge is -2.23. The van der Waals surface area contributed by atoms with Crippen molar-refractivity contribution in [1.82, 2.24) is 0 Å². The summed E-state index contributed by atoms with van der Waals surface area (Å²) in [5.74, 6) is 0.293. The Balaban J connectivity index is 1.60. The molecule has 0 aliphatic heterocycles. The van der Waals surface area contributed by atoms with Crippen LogP contribution in [0, 0.1) is 11.3 Å². The molecule has 4 heteroatoms. The standard InChI is InChI=1S/C23H18N2OS/c24-14-21-22(17-9-5-2-6-10-17)15-27-23(21)25-19-11-18(12-20(26)13-19)16-7-3-1-4-8-16/h1-10,13,15,18,25H,11-12H2. The number of thiophene rings is 1. The molecule has 3 nitrogen and oxygen atoms in total. The average Bonchev–Trinajstić information content (AvgIpc) is 3.11. The molecule has 4 rings (SSSR count). The molecule has 0 fully saturated rings. The highest BCUT2D eigenvalue weighted by atomic mass is 32.1. The van der Waals surface area contributed by atoms with Crippen LogP contribution in [0.5, 0.6) is 0 Å². The van der Waals surface area contributed by atoms with E-state index in [1.807, 2.05) is 53.9 Å². The van der Waals surface area contributed by atoms with Crippen molar-refractivity contribution in [3.63, 3.8) is 0 Å². The van der Waals surface area contributed by atoms with Crippen LogP contribution in [0.15, 0.2) is 77.8 Å². The van der Waals surface area contributed by atoms with Gasteiger partial charge in [0.05, 0.1) is 5.56 Å². The third kappa shape index (κ3) is 3.69. The number of nitriles is 1. The zero-order valence-corrected chi connectivity index (χ0v) is 15.5. The van der Waals surface area contributed by atoms with E-state index >= 15 is 0 Å². The van der Waals surface area contributed by atoms with Gasteiger partial charge in [-0.2, -0.15) is 5.26 Å². The number of hydrogen-bond acceptors (Lipinski definition) is 4. The zero-order chi connectivity index (χ0) is 18.6. The van der Waals surface area contributed by atoms with E-state index in [0.29, 0.717) is 12.0 Å². The Bertz CT molecular complexity index is 1030. The smallest absolute Gasteiger partial charge is 0.158 e.